The minimum Gasteiger partial charge on any atom is -0.405 e. The number of benzene rings is 2. The van der Waals surface area contributed by atoms with Crippen LogP contribution in [-0.4, -0.2) is 13.9 Å². The van der Waals surface area contributed by atoms with Gasteiger partial charge in [0.25, 0.3) is 0 Å². The Bertz CT molecular complexity index is 1290. The maximum absolute atomic E-state index is 9.36. The zero-order valence-electron chi connectivity index (χ0n) is 22.9. The van der Waals surface area contributed by atoms with Gasteiger partial charge >= 0.3 is 6.85 Å². The minimum absolute atomic E-state index is 0.00453. The van der Waals surface area contributed by atoms with Gasteiger partial charge in [-0.05, 0) is 53.6 Å². The molecule has 0 unspecified atom stereocenters. The van der Waals surface area contributed by atoms with Crippen molar-refractivity contribution >= 4 is 34.6 Å². The second-order valence-corrected chi connectivity index (χ2v) is 10.9. The maximum Gasteiger partial charge on any atom is 0.396 e. The fourth-order valence-electron chi connectivity index (χ4n) is 5.78. The molecule has 2 heterocycles. The van der Waals surface area contributed by atoms with E-state index in [1.807, 2.05) is 6.07 Å². The zero-order valence-corrected chi connectivity index (χ0v) is 20.9. The second kappa shape index (κ2) is 8.67. The Hall–Kier alpha value is -2.55. The average molecular weight is 439 g/mol. The van der Waals surface area contributed by atoms with E-state index in [1.54, 1.807) is 0 Å². The van der Waals surface area contributed by atoms with E-state index in [1.165, 1.54) is 23.2 Å². The van der Waals surface area contributed by atoms with Gasteiger partial charge in [-0.15, -0.1) is 0 Å². The van der Waals surface area contributed by atoms with Gasteiger partial charge in [-0.2, -0.15) is 0 Å². The molecule has 1 aliphatic carbocycles. The predicted octanol–water partition coefficient (Wildman–Crippen LogP) is 6.10. The Morgan fingerprint density at radius 3 is 2.48 bits per heavy atom. The van der Waals surface area contributed by atoms with Crippen molar-refractivity contribution in [3.8, 4) is 0 Å². The van der Waals surface area contributed by atoms with Crippen LogP contribution in [0.5, 0.6) is 0 Å². The first-order valence-corrected chi connectivity index (χ1v) is 12.6. The van der Waals surface area contributed by atoms with Crippen molar-refractivity contribution in [1.82, 2.24) is 0 Å². The highest BCUT2D eigenvalue weighted by atomic mass is 15.1. The number of allylic oxidation sites excluding steroid dienone is 1. The van der Waals surface area contributed by atoms with E-state index in [-0.39, 0.29) is 18.2 Å². The number of rotatable bonds is 3. The number of hydrogen-bond acceptors (Lipinski definition) is 1. The molecule has 0 saturated heterocycles. The molecule has 2 aliphatic rings. The molecule has 0 atom stereocenters. The van der Waals surface area contributed by atoms with Crippen molar-refractivity contribution in [3.63, 3.8) is 0 Å². The van der Waals surface area contributed by atoms with Gasteiger partial charge in [-0.3, -0.25) is 0 Å². The molecule has 1 fully saturated rings. The fourth-order valence-corrected chi connectivity index (χ4v) is 5.78. The van der Waals surface area contributed by atoms with Crippen LogP contribution in [0.15, 0.2) is 60.6 Å². The van der Waals surface area contributed by atoms with Gasteiger partial charge in [0.2, 0.25) is 5.52 Å². The highest BCUT2D eigenvalue weighted by molar-refractivity contribution is 6.81. The first kappa shape index (κ1) is 19.9. The highest BCUT2D eigenvalue weighted by Crippen LogP contribution is 2.41. The average Bonchev–Trinajstić information content (AvgIpc) is 2.85. The Labute approximate surface area is 203 Å². The summed E-state index contributed by atoms with van der Waals surface area (Å²) < 4.78 is 21.0. The van der Waals surface area contributed by atoms with E-state index in [4.69, 9.17) is 0 Å². The van der Waals surface area contributed by atoms with Crippen LogP contribution in [0.3, 0.4) is 0 Å². The molecule has 0 N–H and O–H groups in total. The lowest BCUT2D eigenvalue weighted by atomic mass is 9.51. The van der Waals surface area contributed by atoms with Gasteiger partial charge < -0.3 is 4.81 Å². The summed E-state index contributed by atoms with van der Waals surface area (Å²) >= 11 is 0. The third kappa shape index (κ3) is 4.11. The van der Waals surface area contributed by atoms with Crippen molar-refractivity contribution < 1.29 is 7.31 Å². The van der Waals surface area contributed by atoms with Crippen LogP contribution in [0.1, 0.15) is 66.7 Å². The quantitative estimate of drug-likeness (QED) is 0.353. The number of aryl methyl sites for hydroxylation is 1. The molecular formula is C30H38BN2+. The molecular weight excluding hydrogens is 399 g/mol. The topological polar surface area (TPSA) is 7.12 Å². The molecule has 1 saturated carbocycles. The molecule has 33 heavy (non-hydrogen) atoms. The van der Waals surface area contributed by atoms with Crippen LogP contribution in [0.4, 0.5) is 5.69 Å². The molecule has 5 rings (SSSR count). The summed E-state index contributed by atoms with van der Waals surface area (Å²) in [5.74, 6) is 2.48. The van der Waals surface area contributed by atoms with Crippen LogP contribution < -0.4 is 15.0 Å². The zero-order chi connectivity index (χ0) is 25.0. The largest absolute Gasteiger partial charge is 0.405 e. The highest BCUT2D eigenvalue weighted by Gasteiger charge is 2.38. The fraction of sp³-hybridized carbons (Fsp3) is 0.433. The normalized spacial score (nSPS) is 18.6. The van der Waals surface area contributed by atoms with E-state index < -0.39 is 6.37 Å². The van der Waals surface area contributed by atoms with Gasteiger partial charge in [0, 0.05) is 25.9 Å². The summed E-state index contributed by atoms with van der Waals surface area (Å²) in [5, 5.41) is 1.04. The van der Waals surface area contributed by atoms with Gasteiger partial charge in [0.15, 0.2) is 5.59 Å². The maximum atomic E-state index is 9.36. The second-order valence-electron chi connectivity index (χ2n) is 10.9. The standard InChI is InChI=1S/C30H38BN2/c1-30(2,3)26-21-31(33(5)28-18-12-10-16-25(26)28)29-20-23(19-22-13-7-6-8-14-22)24-15-9-11-17-27(24)32(29)4/h9-12,15-18,20-22H,6-8,13-14,19H2,1-5H3/q+1/i19D2. The summed E-state index contributed by atoms with van der Waals surface area (Å²) in [6.45, 7) is 6.87. The third-order valence-corrected chi connectivity index (χ3v) is 7.63. The Morgan fingerprint density at radius 2 is 1.73 bits per heavy atom. The van der Waals surface area contributed by atoms with E-state index in [9.17, 15) is 2.74 Å². The molecule has 1 aromatic heterocycles. The van der Waals surface area contributed by atoms with E-state index in [0.29, 0.717) is 0 Å². The predicted molar refractivity (Wildman–Crippen MR) is 143 cm³/mol. The van der Waals surface area contributed by atoms with E-state index in [0.717, 1.165) is 47.7 Å². The molecule has 0 radical (unpaired) electrons. The van der Waals surface area contributed by atoms with Crippen molar-refractivity contribution in [2.24, 2.45) is 18.4 Å². The summed E-state index contributed by atoms with van der Waals surface area (Å²) in [6.07, 6.45) is 4.09. The van der Waals surface area contributed by atoms with E-state index in [2.05, 4.69) is 98.8 Å². The lowest BCUT2D eigenvalue weighted by Crippen LogP contribution is -2.61. The number of para-hydroxylation sites is 2. The van der Waals surface area contributed by atoms with Crippen LogP contribution >= 0.6 is 0 Å². The lowest BCUT2D eigenvalue weighted by molar-refractivity contribution is -0.627. The van der Waals surface area contributed by atoms with Gasteiger partial charge in [-0.25, -0.2) is 4.57 Å². The number of nitrogens with zero attached hydrogens (tertiary/aromatic N) is 2. The third-order valence-electron chi connectivity index (χ3n) is 7.63. The van der Waals surface area contributed by atoms with Crippen molar-refractivity contribution in [2.75, 3.05) is 11.9 Å². The van der Waals surface area contributed by atoms with E-state index >= 15 is 0 Å². The van der Waals surface area contributed by atoms with Crippen molar-refractivity contribution in [2.45, 2.75) is 59.2 Å². The summed E-state index contributed by atoms with van der Waals surface area (Å²) in [4.78, 5) is 2.36. The molecule has 170 valence electrons. The number of aromatic nitrogens is 1. The van der Waals surface area contributed by atoms with Crippen LogP contribution in [0.25, 0.3) is 16.5 Å². The van der Waals surface area contributed by atoms with Crippen LogP contribution in [0.2, 0.25) is 0 Å². The summed E-state index contributed by atoms with van der Waals surface area (Å²) in [6, 6.07) is 19.2. The lowest BCUT2D eigenvalue weighted by Gasteiger charge is -2.36. The van der Waals surface area contributed by atoms with Crippen LogP contribution in [0, 0.1) is 11.3 Å². The van der Waals surface area contributed by atoms with Crippen LogP contribution in [-0.2, 0) is 13.4 Å². The smallest absolute Gasteiger partial charge is 0.396 e. The monoisotopic (exact) mass is 439 g/mol. The van der Waals surface area contributed by atoms with Gasteiger partial charge in [0.05, 0.1) is 0 Å². The Balaban J connectivity index is 1.74. The molecule has 2 nitrogen and oxygen atoms in total. The molecule has 0 bridgehead atoms. The summed E-state index contributed by atoms with van der Waals surface area (Å²) in [5.41, 5.74) is 6.96. The van der Waals surface area contributed by atoms with Crippen molar-refractivity contribution in [3.05, 3.63) is 71.7 Å². The Kier molecular flexibility index (Phi) is 5.22. The number of fused-ring (bicyclic) bond motifs is 2. The van der Waals surface area contributed by atoms with Gasteiger partial charge in [0.1, 0.15) is 7.05 Å². The molecule has 3 aromatic rings. The number of hydrogen-bond donors (Lipinski definition) is 0. The SMILES string of the molecule is [2H]C([2H])(c1cc(B2C=C(C(C)(C)C)c3ccccc3N2C)[n+](C)c2ccccc12)C1CCCCC1. The molecule has 1 aliphatic heterocycles. The molecule has 2 aromatic carbocycles. The summed E-state index contributed by atoms with van der Waals surface area (Å²) in [7, 11) is 4.31. The number of pyridine rings is 1. The molecule has 0 spiro atoms. The first-order valence-electron chi connectivity index (χ1n) is 13.6. The molecule has 3 heteroatoms. The van der Waals surface area contributed by atoms with Gasteiger partial charge in [-0.1, -0.05) is 89.2 Å². The van der Waals surface area contributed by atoms with Crippen molar-refractivity contribution in [1.29, 1.82) is 0 Å². The number of anilines is 1. The minimum atomic E-state index is -1.36. The molecule has 0 amide bonds. The first-order chi connectivity index (χ1) is 16.6. The Morgan fingerprint density at radius 1 is 1.03 bits per heavy atom.